The van der Waals surface area contributed by atoms with Crippen LogP contribution in [0.1, 0.15) is 12.0 Å². The molecule has 20 heavy (non-hydrogen) atoms. The first-order chi connectivity index (χ1) is 9.63. The van der Waals surface area contributed by atoms with Gasteiger partial charge in [0.25, 0.3) is 0 Å². The molecule has 0 unspecified atom stereocenters. The number of rotatable bonds is 5. The number of nitrogens with two attached hydrogens (primary N) is 1. The Labute approximate surface area is 123 Å². The highest BCUT2D eigenvalue weighted by Gasteiger charge is 2.03. The first kappa shape index (κ1) is 14.5. The van der Waals surface area contributed by atoms with Crippen molar-refractivity contribution in [2.45, 2.75) is 18.2 Å². The number of anilines is 2. The number of benzene rings is 2. The number of carbonyl (C=O) groups excluding carboxylic acids is 1. The van der Waals surface area contributed by atoms with Crippen LogP contribution in [0.5, 0.6) is 0 Å². The molecule has 0 atom stereocenters. The average Bonchev–Trinajstić information content (AvgIpc) is 2.44. The van der Waals surface area contributed by atoms with E-state index >= 15 is 0 Å². The highest BCUT2D eigenvalue weighted by molar-refractivity contribution is 7.99. The normalized spacial score (nSPS) is 10.2. The van der Waals surface area contributed by atoms with Crippen LogP contribution >= 0.6 is 11.8 Å². The van der Waals surface area contributed by atoms with Crippen LogP contribution < -0.4 is 11.1 Å². The molecule has 0 aliphatic heterocycles. The lowest BCUT2D eigenvalue weighted by Gasteiger charge is -2.05. The minimum Gasteiger partial charge on any atom is -0.399 e. The first-order valence-electron chi connectivity index (χ1n) is 6.48. The van der Waals surface area contributed by atoms with E-state index in [0.717, 1.165) is 22.0 Å². The molecule has 0 bridgehead atoms. The Morgan fingerprint density at radius 1 is 1.10 bits per heavy atom. The maximum Gasteiger partial charge on any atom is 0.225 e. The molecular formula is C16H18N2OS. The molecule has 0 radical (unpaired) electrons. The molecule has 0 fully saturated rings. The molecule has 3 nitrogen and oxygen atoms in total. The van der Waals surface area contributed by atoms with E-state index in [0.29, 0.717) is 6.42 Å². The van der Waals surface area contributed by atoms with Crippen LogP contribution in [0.2, 0.25) is 0 Å². The van der Waals surface area contributed by atoms with Crippen LogP contribution in [0, 0.1) is 6.92 Å². The zero-order valence-electron chi connectivity index (χ0n) is 11.4. The Hall–Kier alpha value is -1.94. The standard InChI is InChI=1S/C16H18N2OS/c1-12-2-6-14(7-3-12)18-16(19)10-11-20-15-8-4-13(17)5-9-15/h2-9H,10-11,17H2,1H3,(H,18,19). The fraction of sp³-hybridized carbons (Fsp3) is 0.188. The highest BCUT2D eigenvalue weighted by Crippen LogP contribution is 2.20. The van der Waals surface area contributed by atoms with Crippen molar-refractivity contribution in [1.82, 2.24) is 0 Å². The van der Waals surface area contributed by atoms with E-state index in [-0.39, 0.29) is 5.91 Å². The van der Waals surface area contributed by atoms with Gasteiger partial charge in [-0.2, -0.15) is 0 Å². The van der Waals surface area contributed by atoms with Gasteiger partial charge in [-0.1, -0.05) is 17.7 Å². The maximum absolute atomic E-state index is 11.8. The lowest BCUT2D eigenvalue weighted by atomic mass is 10.2. The third-order valence-electron chi connectivity index (χ3n) is 2.81. The van der Waals surface area contributed by atoms with Crippen molar-refractivity contribution in [3.63, 3.8) is 0 Å². The molecule has 0 saturated carbocycles. The van der Waals surface area contributed by atoms with Gasteiger partial charge in [0.15, 0.2) is 0 Å². The first-order valence-corrected chi connectivity index (χ1v) is 7.47. The fourth-order valence-electron chi connectivity index (χ4n) is 1.69. The van der Waals surface area contributed by atoms with E-state index in [4.69, 9.17) is 5.73 Å². The second kappa shape index (κ2) is 7.01. The number of hydrogen-bond acceptors (Lipinski definition) is 3. The Bertz CT molecular complexity index is 564. The van der Waals surface area contributed by atoms with Crippen LogP contribution in [0.25, 0.3) is 0 Å². The largest absolute Gasteiger partial charge is 0.399 e. The number of nitrogen functional groups attached to an aromatic ring is 1. The van der Waals surface area contributed by atoms with Crippen LogP contribution in [-0.2, 0) is 4.79 Å². The van der Waals surface area contributed by atoms with Gasteiger partial charge in [0.1, 0.15) is 0 Å². The number of amides is 1. The minimum atomic E-state index is 0.0387. The van der Waals surface area contributed by atoms with Gasteiger partial charge >= 0.3 is 0 Å². The lowest BCUT2D eigenvalue weighted by molar-refractivity contribution is -0.115. The number of hydrogen-bond donors (Lipinski definition) is 2. The summed E-state index contributed by atoms with van der Waals surface area (Å²) in [5, 5.41) is 2.89. The summed E-state index contributed by atoms with van der Waals surface area (Å²) in [5.74, 6) is 0.790. The van der Waals surface area contributed by atoms with Gasteiger partial charge in [0.05, 0.1) is 0 Å². The number of nitrogens with one attached hydrogen (secondary N) is 1. The molecule has 3 N–H and O–H groups in total. The molecule has 2 aromatic carbocycles. The molecule has 0 heterocycles. The molecule has 4 heteroatoms. The predicted octanol–water partition coefficient (Wildman–Crippen LogP) is 3.70. The molecule has 0 aliphatic carbocycles. The molecule has 0 aromatic heterocycles. The van der Waals surface area contributed by atoms with Gasteiger partial charge in [-0.05, 0) is 43.3 Å². The second-order valence-electron chi connectivity index (χ2n) is 4.58. The Morgan fingerprint density at radius 2 is 1.75 bits per heavy atom. The van der Waals surface area contributed by atoms with E-state index in [2.05, 4.69) is 5.32 Å². The number of aryl methyl sites for hydroxylation is 1. The SMILES string of the molecule is Cc1ccc(NC(=O)CCSc2ccc(N)cc2)cc1. The minimum absolute atomic E-state index is 0.0387. The fourth-order valence-corrected chi connectivity index (χ4v) is 2.54. The van der Waals surface area contributed by atoms with Crippen molar-refractivity contribution >= 4 is 29.0 Å². The van der Waals surface area contributed by atoms with E-state index in [1.54, 1.807) is 11.8 Å². The van der Waals surface area contributed by atoms with Gasteiger partial charge < -0.3 is 11.1 Å². The summed E-state index contributed by atoms with van der Waals surface area (Å²) in [7, 11) is 0. The number of thioether (sulfide) groups is 1. The molecule has 1 amide bonds. The van der Waals surface area contributed by atoms with Crippen molar-refractivity contribution in [1.29, 1.82) is 0 Å². The van der Waals surface area contributed by atoms with Crippen LogP contribution in [0.3, 0.4) is 0 Å². The summed E-state index contributed by atoms with van der Waals surface area (Å²) in [5.41, 5.74) is 8.41. The molecule has 0 saturated heterocycles. The van der Waals surface area contributed by atoms with Crippen LogP contribution in [0.4, 0.5) is 11.4 Å². The Balaban J connectivity index is 1.75. The summed E-state index contributed by atoms with van der Waals surface area (Å²) in [6, 6.07) is 15.5. The highest BCUT2D eigenvalue weighted by atomic mass is 32.2. The smallest absolute Gasteiger partial charge is 0.225 e. The van der Waals surface area contributed by atoms with Crippen molar-refractivity contribution in [2.75, 3.05) is 16.8 Å². The topological polar surface area (TPSA) is 55.1 Å². The van der Waals surface area contributed by atoms with Gasteiger partial charge in [-0.15, -0.1) is 11.8 Å². The maximum atomic E-state index is 11.8. The van der Waals surface area contributed by atoms with Gasteiger partial charge in [0, 0.05) is 28.4 Å². The third-order valence-corrected chi connectivity index (χ3v) is 3.83. The summed E-state index contributed by atoms with van der Waals surface area (Å²) in [4.78, 5) is 12.9. The van der Waals surface area contributed by atoms with Crippen molar-refractivity contribution in [3.05, 3.63) is 54.1 Å². The quantitative estimate of drug-likeness (QED) is 0.651. The summed E-state index contributed by atoms with van der Waals surface area (Å²) in [6.07, 6.45) is 0.489. The molecule has 2 rings (SSSR count). The van der Waals surface area contributed by atoms with Gasteiger partial charge in [0.2, 0.25) is 5.91 Å². The third kappa shape index (κ3) is 4.63. The van der Waals surface area contributed by atoms with Gasteiger partial charge in [-0.3, -0.25) is 4.79 Å². The zero-order chi connectivity index (χ0) is 14.4. The van der Waals surface area contributed by atoms with E-state index < -0.39 is 0 Å². The Kier molecular flexibility index (Phi) is 5.07. The second-order valence-corrected chi connectivity index (χ2v) is 5.75. The molecule has 0 aliphatic rings. The molecule has 0 spiro atoms. The van der Waals surface area contributed by atoms with E-state index in [1.807, 2.05) is 55.5 Å². The van der Waals surface area contributed by atoms with Crippen LogP contribution in [-0.4, -0.2) is 11.7 Å². The van der Waals surface area contributed by atoms with Crippen LogP contribution in [0.15, 0.2) is 53.4 Å². The molecule has 2 aromatic rings. The average molecular weight is 286 g/mol. The summed E-state index contributed by atoms with van der Waals surface area (Å²) < 4.78 is 0. The van der Waals surface area contributed by atoms with E-state index in [9.17, 15) is 4.79 Å². The lowest BCUT2D eigenvalue weighted by Crippen LogP contribution is -2.12. The van der Waals surface area contributed by atoms with Crippen molar-refractivity contribution in [3.8, 4) is 0 Å². The van der Waals surface area contributed by atoms with E-state index in [1.165, 1.54) is 5.56 Å². The molecule has 104 valence electrons. The Morgan fingerprint density at radius 3 is 2.40 bits per heavy atom. The zero-order valence-corrected chi connectivity index (χ0v) is 12.2. The van der Waals surface area contributed by atoms with Crippen molar-refractivity contribution < 1.29 is 4.79 Å². The number of carbonyl (C=O) groups is 1. The monoisotopic (exact) mass is 286 g/mol. The van der Waals surface area contributed by atoms with Crippen molar-refractivity contribution in [2.24, 2.45) is 0 Å². The molecular weight excluding hydrogens is 268 g/mol. The summed E-state index contributed by atoms with van der Waals surface area (Å²) >= 11 is 1.65. The van der Waals surface area contributed by atoms with Gasteiger partial charge in [-0.25, -0.2) is 0 Å². The summed E-state index contributed by atoms with van der Waals surface area (Å²) in [6.45, 7) is 2.02. The predicted molar refractivity (Wildman–Crippen MR) is 86.0 cm³/mol.